The number of benzene rings is 2. The molecular formula is C23H25Cl2N3O4. The van der Waals surface area contributed by atoms with Crippen LogP contribution < -0.4 is 15.0 Å². The lowest BCUT2D eigenvalue weighted by atomic mass is 10.1. The molecule has 0 spiro atoms. The van der Waals surface area contributed by atoms with Crippen molar-refractivity contribution in [3.05, 3.63) is 52.5 Å². The molecule has 0 bridgehead atoms. The van der Waals surface area contributed by atoms with Gasteiger partial charge in [0.15, 0.2) is 6.61 Å². The highest BCUT2D eigenvalue weighted by atomic mass is 35.5. The number of ether oxygens (including phenoxy) is 1. The normalized spacial score (nSPS) is 15.6. The molecule has 170 valence electrons. The van der Waals surface area contributed by atoms with Gasteiger partial charge in [-0.2, -0.15) is 0 Å². The molecule has 3 rings (SSSR count). The molecule has 3 amide bonds. The average molecular weight is 478 g/mol. The van der Waals surface area contributed by atoms with Gasteiger partial charge in [0, 0.05) is 36.0 Å². The van der Waals surface area contributed by atoms with E-state index in [9.17, 15) is 14.4 Å². The van der Waals surface area contributed by atoms with E-state index < -0.39 is 11.8 Å². The Morgan fingerprint density at radius 3 is 2.44 bits per heavy atom. The molecule has 9 heteroatoms. The summed E-state index contributed by atoms with van der Waals surface area (Å²) < 4.78 is 5.53. The van der Waals surface area contributed by atoms with Crippen LogP contribution in [-0.2, 0) is 14.4 Å². The second-order valence-electron chi connectivity index (χ2n) is 7.30. The fourth-order valence-electron chi connectivity index (χ4n) is 3.53. The first-order valence-corrected chi connectivity index (χ1v) is 11.2. The van der Waals surface area contributed by atoms with Crippen molar-refractivity contribution in [2.75, 3.05) is 36.5 Å². The molecule has 32 heavy (non-hydrogen) atoms. The van der Waals surface area contributed by atoms with Crippen LogP contribution in [0.25, 0.3) is 0 Å². The molecule has 2 aromatic carbocycles. The molecule has 1 saturated heterocycles. The van der Waals surface area contributed by atoms with Crippen LogP contribution >= 0.6 is 23.2 Å². The molecule has 1 fully saturated rings. The van der Waals surface area contributed by atoms with Crippen LogP contribution in [0.3, 0.4) is 0 Å². The minimum absolute atomic E-state index is 0.121. The van der Waals surface area contributed by atoms with Gasteiger partial charge in [0.2, 0.25) is 11.8 Å². The Morgan fingerprint density at radius 1 is 1.12 bits per heavy atom. The van der Waals surface area contributed by atoms with Crippen LogP contribution in [0.15, 0.2) is 42.5 Å². The van der Waals surface area contributed by atoms with Crippen LogP contribution in [-0.4, -0.2) is 48.9 Å². The number of rotatable bonds is 8. The van der Waals surface area contributed by atoms with Gasteiger partial charge in [-0.3, -0.25) is 14.4 Å². The van der Waals surface area contributed by atoms with Crippen molar-refractivity contribution in [1.82, 2.24) is 4.90 Å². The predicted octanol–water partition coefficient (Wildman–Crippen LogP) is 4.23. The summed E-state index contributed by atoms with van der Waals surface area (Å²) in [5.74, 6) is -1.23. The van der Waals surface area contributed by atoms with Gasteiger partial charge in [-0.15, -0.1) is 0 Å². The lowest BCUT2D eigenvalue weighted by Crippen LogP contribution is -2.34. The van der Waals surface area contributed by atoms with Gasteiger partial charge in [-0.1, -0.05) is 23.2 Å². The summed E-state index contributed by atoms with van der Waals surface area (Å²) in [5.41, 5.74) is 1.15. The minimum Gasteiger partial charge on any atom is -0.482 e. The van der Waals surface area contributed by atoms with Gasteiger partial charge in [0.1, 0.15) is 11.7 Å². The topological polar surface area (TPSA) is 79.0 Å². The highest BCUT2D eigenvalue weighted by Gasteiger charge is 2.37. The highest BCUT2D eigenvalue weighted by molar-refractivity contribution is 6.32. The number of anilines is 2. The molecule has 1 unspecified atom stereocenters. The predicted molar refractivity (Wildman–Crippen MR) is 125 cm³/mol. The molecule has 1 N–H and O–H groups in total. The van der Waals surface area contributed by atoms with E-state index in [0.717, 1.165) is 0 Å². The van der Waals surface area contributed by atoms with E-state index in [-0.39, 0.29) is 23.4 Å². The third kappa shape index (κ3) is 5.53. The van der Waals surface area contributed by atoms with Gasteiger partial charge in [-0.25, -0.2) is 0 Å². The lowest BCUT2D eigenvalue weighted by molar-refractivity contribution is -0.133. The zero-order valence-electron chi connectivity index (χ0n) is 17.9. The molecule has 1 heterocycles. The SMILES string of the molecule is CCN(CC)C(=O)COc1ccc(NC(=O)C2CCN(c3ccc(Cl)cc3)C2=O)cc1Cl. The van der Waals surface area contributed by atoms with E-state index in [1.165, 1.54) is 6.07 Å². The minimum atomic E-state index is -0.785. The Kier molecular flexibility index (Phi) is 7.99. The summed E-state index contributed by atoms with van der Waals surface area (Å²) in [7, 11) is 0. The molecule has 0 aliphatic carbocycles. The maximum atomic E-state index is 12.7. The number of nitrogens with one attached hydrogen (secondary N) is 1. The van der Waals surface area contributed by atoms with Crippen molar-refractivity contribution >= 4 is 52.3 Å². The number of hydrogen-bond donors (Lipinski definition) is 1. The van der Waals surface area contributed by atoms with Gasteiger partial charge in [0.25, 0.3) is 5.91 Å². The van der Waals surface area contributed by atoms with E-state index in [1.807, 2.05) is 13.8 Å². The average Bonchev–Trinajstić information content (AvgIpc) is 3.16. The summed E-state index contributed by atoms with van der Waals surface area (Å²) >= 11 is 12.2. The van der Waals surface area contributed by atoms with E-state index in [2.05, 4.69) is 5.32 Å². The number of hydrogen-bond acceptors (Lipinski definition) is 4. The Labute approximate surface area is 197 Å². The number of carbonyl (C=O) groups is 3. The van der Waals surface area contributed by atoms with Crippen molar-refractivity contribution in [2.24, 2.45) is 5.92 Å². The number of nitrogens with zero attached hydrogens (tertiary/aromatic N) is 2. The second kappa shape index (κ2) is 10.7. The maximum Gasteiger partial charge on any atom is 0.260 e. The number of carbonyl (C=O) groups excluding carboxylic acids is 3. The molecule has 1 atom stereocenters. The van der Waals surface area contributed by atoms with Gasteiger partial charge >= 0.3 is 0 Å². The number of likely N-dealkylation sites (N-methyl/N-ethyl adjacent to an activating group) is 1. The zero-order chi connectivity index (χ0) is 23.3. The van der Waals surface area contributed by atoms with E-state index in [0.29, 0.717) is 48.2 Å². The van der Waals surface area contributed by atoms with Crippen molar-refractivity contribution in [3.8, 4) is 5.75 Å². The first-order chi connectivity index (χ1) is 15.3. The first kappa shape index (κ1) is 23.9. The molecule has 2 aromatic rings. The lowest BCUT2D eigenvalue weighted by Gasteiger charge is -2.19. The van der Waals surface area contributed by atoms with Crippen LogP contribution in [0, 0.1) is 5.92 Å². The van der Waals surface area contributed by atoms with Gasteiger partial charge in [-0.05, 0) is 62.7 Å². The van der Waals surface area contributed by atoms with Crippen molar-refractivity contribution in [2.45, 2.75) is 20.3 Å². The number of amides is 3. The molecule has 1 aliphatic rings. The fourth-order valence-corrected chi connectivity index (χ4v) is 3.89. The van der Waals surface area contributed by atoms with E-state index in [1.54, 1.807) is 46.2 Å². The zero-order valence-corrected chi connectivity index (χ0v) is 19.4. The molecule has 1 aliphatic heterocycles. The fraction of sp³-hybridized carbons (Fsp3) is 0.348. The second-order valence-corrected chi connectivity index (χ2v) is 8.14. The van der Waals surface area contributed by atoms with Crippen molar-refractivity contribution < 1.29 is 19.1 Å². The highest BCUT2D eigenvalue weighted by Crippen LogP contribution is 2.30. The van der Waals surface area contributed by atoms with Crippen LogP contribution in [0.4, 0.5) is 11.4 Å². The third-order valence-electron chi connectivity index (χ3n) is 5.33. The smallest absolute Gasteiger partial charge is 0.260 e. The Bertz CT molecular complexity index is 993. The Hall–Kier alpha value is -2.77. The van der Waals surface area contributed by atoms with Crippen LogP contribution in [0.1, 0.15) is 20.3 Å². The summed E-state index contributed by atoms with van der Waals surface area (Å²) in [4.78, 5) is 40.8. The van der Waals surface area contributed by atoms with Crippen molar-refractivity contribution in [3.63, 3.8) is 0 Å². The summed E-state index contributed by atoms with van der Waals surface area (Å²) in [6.45, 7) is 5.33. The quantitative estimate of drug-likeness (QED) is 0.576. The van der Waals surface area contributed by atoms with Crippen molar-refractivity contribution in [1.29, 1.82) is 0 Å². The standard InChI is InChI=1S/C23H25Cl2N3O4/c1-3-27(4-2)21(29)14-32-20-10-7-16(13-19(20)25)26-22(30)18-11-12-28(23(18)31)17-8-5-15(24)6-9-17/h5-10,13,18H,3-4,11-12,14H2,1-2H3,(H,26,30). The summed E-state index contributed by atoms with van der Waals surface area (Å²) in [6.07, 6.45) is 0.412. The largest absolute Gasteiger partial charge is 0.482 e. The molecule has 0 saturated carbocycles. The van der Waals surface area contributed by atoms with Gasteiger partial charge in [0.05, 0.1) is 5.02 Å². The van der Waals surface area contributed by atoms with Crippen LogP contribution in [0.5, 0.6) is 5.75 Å². The molecule has 7 nitrogen and oxygen atoms in total. The first-order valence-electron chi connectivity index (χ1n) is 10.4. The summed E-state index contributed by atoms with van der Waals surface area (Å²) in [5, 5.41) is 3.58. The van der Waals surface area contributed by atoms with E-state index >= 15 is 0 Å². The molecule has 0 radical (unpaired) electrons. The number of halogens is 2. The Morgan fingerprint density at radius 2 is 1.81 bits per heavy atom. The molecule has 0 aromatic heterocycles. The summed E-state index contributed by atoms with van der Waals surface area (Å²) in [6, 6.07) is 11.7. The maximum absolute atomic E-state index is 12.7. The molecular weight excluding hydrogens is 453 g/mol. The monoisotopic (exact) mass is 477 g/mol. The Balaban J connectivity index is 1.59. The van der Waals surface area contributed by atoms with Crippen LogP contribution in [0.2, 0.25) is 10.0 Å². The van der Waals surface area contributed by atoms with Gasteiger partial charge < -0.3 is 19.9 Å². The third-order valence-corrected chi connectivity index (χ3v) is 5.87. The van der Waals surface area contributed by atoms with E-state index in [4.69, 9.17) is 27.9 Å².